The van der Waals surface area contributed by atoms with E-state index in [1.165, 1.54) is 29.3 Å². The summed E-state index contributed by atoms with van der Waals surface area (Å²) in [5.74, 6) is 1.72. The molecule has 2 aliphatic rings. The molecule has 0 unspecified atom stereocenters. The van der Waals surface area contributed by atoms with Crippen LogP contribution in [-0.2, 0) is 6.33 Å². The molecule has 116 valence electrons. The Hall–Kier alpha value is -1.18. The quantitative estimate of drug-likeness (QED) is 0.374. The Morgan fingerprint density at radius 3 is 1.46 bits per heavy atom. The van der Waals surface area contributed by atoms with Gasteiger partial charge in [-0.3, -0.25) is 0 Å². The van der Waals surface area contributed by atoms with Crippen molar-refractivity contribution in [2.45, 2.75) is 0 Å². The van der Waals surface area contributed by atoms with Crippen LogP contribution < -0.4 is 16.8 Å². The molecule has 0 aliphatic carbocycles. The molecule has 0 saturated carbocycles. The van der Waals surface area contributed by atoms with Crippen LogP contribution in [0.5, 0.6) is 11.5 Å². The molecule has 4 nitrogen and oxygen atoms in total. The molecule has 0 fully saturated rings. The zero-order valence-electron chi connectivity index (χ0n) is 12.3. The second-order valence-electron chi connectivity index (χ2n) is 5.35. The third-order valence-electron chi connectivity index (χ3n) is 4.02. The Bertz CT molecular complexity index is 866. The van der Waals surface area contributed by atoms with Crippen molar-refractivity contribution in [2.24, 2.45) is 0 Å². The van der Waals surface area contributed by atoms with E-state index in [9.17, 15) is 0 Å². The number of hydrogen-bond donors (Lipinski definition) is 0. The molecule has 3 aromatic rings. The van der Waals surface area contributed by atoms with Crippen LogP contribution in [0.4, 0.5) is 0 Å². The van der Waals surface area contributed by atoms with Crippen molar-refractivity contribution in [3.8, 4) is 33.8 Å². The second-order valence-corrected chi connectivity index (χ2v) is 9.79. The van der Waals surface area contributed by atoms with Crippen molar-refractivity contribution in [3.63, 3.8) is 0 Å². The summed E-state index contributed by atoms with van der Waals surface area (Å²) in [7, 11) is 0. The normalized spacial score (nSPS) is 14.7. The van der Waals surface area contributed by atoms with Crippen molar-refractivity contribution in [1.82, 2.24) is 0 Å². The average molecular weight is 534 g/mol. The van der Waals surface area contributed by atoms with Gasteiger partial charge in [-0.25, -0.2) is 0 Å². The molecule has 2 heterocycles. The van der Waals surface area contributed by atoms with Gasteiger partial charge in [0.25, 0.3) is 0 Å². The Morgan fingerprint density at radius 1 is 0.500 bits per heavy atom. The first-order valence-electron chi connectivity index (χ1n) is 7.37. The molecule has 0 N–H and O–H groups in total. The van der Waals surface area contributed by atoms with Gasteiger partial charge in [0.2, 0.25) is 0 Å². The first-order chi connectivity index (χ1) is 11.9. The Balaban J connectivity index is 1.74. The van der Waals surface area contributed by atoms with Crippen molar-refractivity contribution in [1.29, 1.82) is 0 Å². The van der Waals surface area contributed by atoms with Crippen molar-refractivity contribution in [2.75, 3.05) is 0 Å². The predicted molar refractivity (Wildman–Crippen MR) is 91.5 cm³/mol. The van der Waals surface area contributed by atoms with Crippen molar-refractivity contribution in [3.05, 3.63) is 60.7 Å². The third kappa shape index (κ3) is 2.45. The first-order valence-corrected chi connectivity index (χ1v) is 12.0. The van der Waals surface area contributed by atoms with Crippen LogP contribution in [-0.4, -0.2) is 44.1 Å². The molecule has 3 aromatic carbocycles. The molecule has 24 heavy (non-hydrogen) atoms. The molecule has 0 atom stereocenters. The molecule has 0 saturated heterocycles. The summed E-state index contributed by atoms with van der Waals surface area (Å²) in [6, 6.07) is 20.8. The van der Waals surface area contributed by atoms with Gasteiger partial charge >= 0.3 is 162 Å². The van der Waals surface area contributed by atoms with Gasteiger partial charge in [0, 0.05) is 0 Å². The molecular formula is C18H10O4Sb2. The maximum absolute atomic E-state index is 5.31. The molecule has 6 heteroatoms. The van der Waals surface area contributed by atoms with Gasteiger partial charge in [0.1, 0.15) is 0 Å². The minimum absolute atomic E-state index is 0.861. The first kappa shape index (κ1) is 15.1. The van der Waals surface area contributed by atoms with E-state index in [4.69, 9.17) is 16.1 Å². The molecular weight excluding hydrogens is 524 g/mol. The molecule has 0 aromatic heterocycles. The minimum atomic E-state index is -0.955. The van der Waals surface area contributed by atoms with Crippen LogP contribution in [0.15, 0.2) is 60.7 Å². The van der Waals surface area contributed by atoms with E-state index in [0.29, 0.717) is 0 Å². The second kappa shape index (κ2) is 6.27. The summed E-state index contributed by atoms with van der Waals surface area (Å²) in [5, 5.41) is 0. The van der Waals surface area contributed by atoms with E-state index in [2.05, 4.69) is 36.4 Å². The van der Waals surface area contributed by atoms with Gasteiger partial charge in [-0.15, -0.1) is 0 Å². The van der Waals surface area contributed by atoms with E-state index in [-0.39, 0.29) is 0 Å². The summed E-state index contributed by atoms with van der Waals surface area (Å²) in [4.78, 5) is 10.6. The van der Waals surface area contributed by atoms with Crippen LogP contribution >= 0.6 is 0 Å². The van der Waals surface area contributed by atoms with Crippen LogP contribution in [0.25, 0.3) is 22.3 Å². The Morgan fingerprint density at radius 2 is 0.958 bits per heavy atom. The third-order valence-corrected chi connectivity index (χ3v) is 8.54. The van der Waals surface area contributed by atoms with E-state index in [1.807, 2.05) is 24.3 Å². The maximum atomic E-state index is 5.31. The average Bonchev–Trinajstić information content (AvgIpc) is 3.30. The standard InChI is InChI=1S/C18H12O4.2Sb/c19-21-15-7-3-5-13(11-15)17-9-1-2-10-18(17)14-6-4-8-16(12-14)22-20;;/h1-10,19-20H;;/q;2*+1/p-2. The molecule has 0 spiro atoms. The Kier molecular flexibility index (Phi) is 3.95. The fourth-order valence-electron chi connectivity index (χ4n) is 2.95. The SMILES string of the molecule is c1ccc(-c2cccc3[c]2[Sb][O]O3)c(-c2cccc3[c]2[Sb][O]O3)c1. The van der Waals surface area contributed by atoms with Crippen molar-refractivity contribution >= 4 is 51.1 Å². The molecule has 0 amide bonds. The van der Waals surface area contributed by atoms with Crippen molar-refractivity contribution < 1.29 is 16.1 Å². The summed E-state index contributed by atoms with van der Waals surface area (Å²) in [6.45, 7) is 0. The zero-order chi connectivity index (χ0) is 15.9. The van der Waals surface area contributed by atoms with Crippen LogP contribution in [0.3, 0.4) is 0 Å². The molecule has 2 radical (unpaired) electrons. The van der Waals surface area contributed by atoms with E-state index in [0.717, 1.165) is 11.5 Å². The number of rotatable bonds is 2. The number of fused-ring (bicyclic) bond motifs is 2. The molecule has 5 rings (SSSR count). The fraction of sp³-hybridized carbons (Fsp3) is 0. The van der Waals surface area contributed by atoms with E-state index in [1.54, 1.807) is 0 Å². The van der Waals surface area contributed by atoms with Gasteiger partial charge in [-0.05, 0) is 0 Å². The summed E-state index contributed by atoms with van der Waals surface area (Å²) < 4.78 is 13.1. The van der Waals surface area contributed by atoms with E-state index >= 15 is 0 Å². The summed E-state index contributed by atoms with van der Waals surface area (Å²) >= 11 is -1.91. The van der Waals surface area contributed by atoms with Crippen LogP contribution in [0.2, 0.25) is 0 Å². The predicted octanol–water partition coefficient (Wildman–Crippen LogP) is 2.16. The fourth-order valence-corrected chi connectivity index (χ4v) is 6.87. The van der Waals surface area contributed by atoms with Crippen LogP contribution in [0, 0.1) is 0 Å². The topological polar surface area (TPSA) is 36.9 Å². The van der Waals surface area contributed by atoms with Gasteiger partial charge in [-0.2, -0.15) is 0 Å². The number of benzene rings is 3. The molecule has 2 aliphatic heterocycles. The number of hydrogen-bond acceptors (Lipinski definition) is 4. The monoisotopic (exact) mass is 532 g/mol. The molecule has 0 bridgehead atoms. The van der Waals surface area contributed by atoms with Gasteiger partial charge in [0.15, 0.2) is 0 Å². The van der Waals surface area contributed by atoms with Crippen LogP contribution in [0.1, 0.15) is 0 Å². The van der Waals surface area contributed by atoms with Gasteiger partial charge in [-0.1, -0.05) is 0 Å². The zero-order valence-corrected chi connectivity index (χ0v) is 17.4. The van der Waals surface area contributed by atoms with Gasteiger partial charge < -0.3 is 0 Å². The summed E-state index contributed by atoms with van der Waals surface area (Å²) in [6.07, 6.45) is 0. The van der Waals surface area contributed by atoms with Gasteiger partial charge in [0.05, 0.1) is 0 Å². The Labute approximate surface area is 160 Å². The van der Waals surface area contributed by atoms with E-state index < -0.39 is 44.1 Å². The summed E-state index contributed by atoms with van der Waals surface area (Å²) in [5.41, 5.74) is 4.82.